The van der Waals surface area contributed by atoms with E-state index < -0.39 is 17.7 Å². The number of aromatic nitrogens is 2. The highest BCUT2D eigenvalue weighted by atomic mass is 16.6. The molecule has 0 spiro atoms. The molecule has 1 aromatic carbocycles. The van der Waals surface area contributed by atoms with Gasteiger partial charge in [0.05, 0.1) is 24.9 Å². The summed E-state index contributed by atoms with van der Waals surface area (Å²) >= 11 is 0. The second kappa shape index (κ2) is 9.77. The summed E-state index contributed by atoms with van der Waals surface area (Å²) in [5, 5.41) is 10.5. The van der Waals surface area contributed by atoms with Crippen LogP contribution in [-0.4, -0.2) is 46.0 Å². The Labute approximate surface area is 206 Å². The third-order valence-corrected chi connectivity index (χ3v) is 6.13. The van der Waals surface area contributed by atoms with Gasteiger partial charge in [-0.05, 0) is 38.3 Å². The average molecular weight is 483 g/mol. The van der Waals surface area contributed by atoms with Gasteiger partial charge in [0, 0.05) is 43.4 Å². The van der Waals surface area contributed by atoms with Gasteiger partial charge in [0.2, 0.25) is 5.76 Å². The van der Waals surface area contributed by atoms with Gasteiger partial charge in [-0.15, -0.1) is 0 Å². The molecule has 0 radical (unpaired) electrons. The number of carbonyl (C=O) groups is 1. The molecule has 3 heterocycles. The van der Waals surface area contributed by atoms with Crippen molar-refractivity contribution in [1.29, 1.82) is 0 Å². The number of fused-ring (bicyclic) bond motifs is 2. The van der Waals surface area contributed by atoms with Gasteiger partial charge in [-0.1, -0.05) is 19.9 Å². The quantitative estimate of drug-likeness (QED) is 0.567. The van der Waals surface area contributed by atoms with Crippen LogP contribution in [-0.2, 0) is 28.9 Å². The molecule has 2 aliphatic heterocycles. The first-order valence-electron chi connectivity index (χ1n) is 12.0. The first-order valence-corrected chi connectivity index (χ1v) is 12.0. The Bertz CT molecular complexity index is 1170. The Hall–Kier alpha value is -3.26. The number of rotatable bonds is 8. The van der Waals surface area contributed by atoms with Gasteiger partial charge in [-0.25, -0.2) is 9.78 Å². The van der Waals surface area contributed by atoms with E-state index in [4.69, 9.17) is 18.9 Å². The van der Waals surface area contributed by atoms with Crippen molar-refractivity contribution in [3.05, 3.63) is 53.3 Å². The zero-order chi connectivity index (χ0) is 25.3. The normalized spacial score (nSPS) is 18.0. The maximum Gasteiger partial charge on any atom is 0.374 e. The number of hydrogen-bond acceptors (Lipinski definition) is 7. The molecule has 0 bridgehead atoms. The average Bonchev–Trinajstić information content (AvgIpc) is 3.41. The van der Waals surface area contributed by atoms with Gasteiger partial charge in [0.1, 0.15) is 29.2 Å². The molecule has 8 heteroatoms. The number of imidazole rings is 1. The van der Waals surface area contributed by atoms with Crippen LogP contribution in [0.3, 0.4) is 0 Å². The Morgan fingerprint density at radius 2 is 2.14 bits per heavy atom. The molecule has 2 aliphatic rings. The highest BCUT2D eigenvalue weighted by Gasteiger charge is 2.39. The van der Waals surface area contributed by atoms with Crippen molar-refractivity contribution in [2.75, 3.05) is 13.7 Å². The topological polar surface area (TPSA) is 92.0 Å². The predicted octanol–water partition coefficient (Wildman–Crippen LogP) is 4.09. The number of methoxy groups -OCH3 is 1. The van der Waals surface area contributed by atoms with Crippen LogP contribution in [0, 0.1) is 5.92 Å². The van der Waals surface area contributed by atoms with Crippen molar-refractivity contribution in [2.45, 2.75) is 65.7 Å². The molecule has 4 rings (SSSR count). The van der Waals surface area contributed by atoms with Crippen molar-refractivity contribution in [3.63, 3.8) is 0 Å². The van der Waals surface area contributed by atoms with Crippen molar-refractivity contribution < 1.29 is 28.8 Å². The lowest BCUT2D eigenvalue weighted by molar-refractivity contribution is -0.141. The Morgan fingerprint density at radius 3 is 2.80 bits per heavy atom. The van der Waals surface area contributed by atoms with Crippen LogP contribution in [0.1, 0.15) is 51.6 Å². The molecule has 0 saturated carbocycles. The summed E-state index contributed by atoms with van der Waals surface area (Å²) in [6.45, 7) is 10.3. The lowest BCUT2D eigenvalue weighted by Gasteiger charge is -2.24. The molecular formula is C27H34N2O6. The molecule has 0 saturated heterocycles. The number of nitrogens with zero attached hydrogens (tertiary/aromatic N) is 2. The van der Waals surface area contributed by atoms with Crippen molar-refractivity contribution in [3.8, 4) is 17.2 Å². The van der Waals surface area contributed by atoms with Crippen LogP contribution >= 0.6 is 0 Å². The Balaban J connectivity index is 1.78. The van der Waals surface area contributed by atoms with E-state index in [1.54, 1.807) is 46.2 Å². The van der Waals surface area contributed by atoms with Gasteiger partial charge in [-0.2, -0.15) is 0 Å². The highest BCUT2D eigenvalue weighted by molar-refractivity contribution is 5.95. The third kappa shape index (κ3) is 5.07. The first-order chi connectivity index (χ1) is 16.6. The van der Waals surface area contributed by atoms with E-state index in [2.05, 4.69) is 23.4 Å². The lowest BCUT2D eigenvalue weighted by Crippen LogP contribution is -2.39. The monoisotopic (exact) mass is 482 g/mol. The Kier molecular flexibility index (Phi) is 6.94. The van der Waals surface area contributed by atoms with Gasteiger partial charge in [-0.3, -0.25) is 0 Å². The van der Waals surface area contributed by atoms with Crippen LogP contribution in [0.2, 0.25) is 0 Å². The van der Waals surface area contributed by atoms with Crippen molar-refractivity contribution >= 4 is 11.5 Å². The number of esters is 1. The van der Waals surface area contributed by atoms with E-state index in [-0.39, 0.29) is 12.4 Å². The van der Waals surface area contributed by atoms with E-state index >= 15 is 0 Å². The largest absolute Gasteiger partial charge is 0.496 e. The summed E-state index contributed by atoms with van der Waals surface area (Å²) < 4.78 is 25.2. The standard InChI is InChI=1S/C27H34N2O6/c1-7-33-26(30)21-13-17(8-10-29-11-9-28-23(29)12-16(2)3)24-20(34-21)15-19-18(25(24)32-6)14-22(35-19)27(4,5)31/h8-9,11,13,15-16,22,31H,7,10,12,14H2,1-6H3. The predicted molar refractivity (Wildman–Crippen MR) is 132 cm³/mol. The van der Waals surface area contributed by atoms with Gasteiger partial charge >= 0.3 is 5.97 Å². The first kappa shape index (κ1) is 24.9. The van der Waals surface area contributed by atoms with Crippen LogP contribution < -0.4 is 14.2 Å². The number of aliphatic hydroxyl groups is 1. The van der Waals surface area contributed by atoms with Gasteiger partial charge in [0.15, 0.2) is 0 Å². The summed E-state index contributed by atoms with van der Waals surface area (Å²) in [6.07, 6.45) is 8.41. The second-order valence-electron chi connectivity index (χ2n) is 9.81. The number of hydrogen-bond donors (Lipinski definition) is 1. The summed E-state index contributed by atoms with van der Waals surface area (Å²) in [4.78, 5) is 17.1. The maximum atomic E-state index is 12.6. The smallest absolute Gasteiger partial charge is 0.374 e. The summed E-state index contributed by atoms with van der Waals surface area (Å²) in [7, 11) is 1.60. The molecular weight excluding hydrogens is 448 g/mol. The van der Waals surface area contributed by atoms with E-state index in [0.717, 1.165) is 28.9 Å². The SMILES string of the molecule is CCOC(=O)C1=CC(=CCn2ccnc2CC(C)C)c2c(cc3c(c2OC)CC(C(C)(C)O)O3)O1. The van der Waals surface area contributed by atoms with Crippen LogP contribution in [0.15, 0.2) is 36.4 Å². The molecule has 8 nitrogen and oxygen atoms in total. The van der Waals surface area contributed by atoms with E-state index in [1.165, 1.54) is 0 Å². The summed E-state index contributed by atoms with van der Waals surface area (Å²) in [6, 6.07) is 1.76. The number of ether oxygens (including phenoxy) is 4. The van der Waals surface area contributed by atoms with Crippen LogP contribution in [0.25, 0.3) is 5.57 Å². The van der Waals surface area contributed by atoms with Crippen LogP contribution in [0.5, 0.6) is 17.2 Å². The van der Waals surface area contributed by atoms with Crippen LogP contribution in [0.4, 0.5) is 0 Å². The molecule has 0 amide bonds. The zero-order valence-electron chi connectivity index (χ0n) is 21.3. The minimum absolute atomic E-state index is 0.0951. The van der Waals surface area contributed by atoms with Gasteiger partial charge in [0.25, 0.3) is 0 Å². The molecule has 188 valence electrons. The highest BCUT2D eigenvalue weighted by Crippen LogP contribution is 2.50. The fourth-order valence-corrected chi connectivity index (χ4v) is 4.39. The van der Waals surface area contributed by atoms with E-state index in [0.29, 0.717) is 36.1 Å². The fourth-order valence-electron chi connectivity index (χ4n) is 4.39. The molecule has 0 fully saturated rings. The third-order valence-electron chi connectivity index (χ3n) is 6.13. The minimum atomic E-state index is -1.04. The summed E-state index contributed by atoms with van der Waals surface area (Å²) in [5.74, 6) is 2.67. The maximum absolute atomic E-state index is 12.6. The fraction of sp³-hybridized carbons (Fsp3) is 0.481. The minimum Gasteiger partial charge on any atom is -0.496 e. The molecule has 2 aromatic rings. The summed E-state index contributed by atoms with van der Waals surface area (Å²) in [5.41, 5.74) is 1.35. The number of allylic oxidation sites excluding steroid dienone is 3. The molecule has 1 aromatic heterocycles. The molecule has 1 N–H and O–H groups in total. The van der Waals surface area contributed by atoms with Crippen molar-refractivity contribution in [1.82, 2.24) is 9.55 Å². The molecule has 1 atom stereocenters. The van der Waals surface area contributed by atoms with Gasteiger partial charge < -0.3 is 28.6 Å². The Morgan fingerprint density at radius 1 is 1.37 bits per heavy atom. The molecule has 0 aliphatic carbocycles. The van der Waals surface area contributed by atoms with E-state index in [1.807, 2.05) is 12.3 Å². The molecule has 35 heavy (non-hydrogen) atoms. The second-order valence-corrected chi connectivity index (χ2v) is 9.81. The zero-order valence-corrected chi connectivity index (χ0v) is 21.3. The number of benzene rings is 1. The van der Waals surface area contributed by atoms with Crippen molar-refractivity contribution in [2.24, 2.45) is 5.92 Å². The van der Waals surface area contributed by atoms with E-state index in [9.17, 15) is 9.90 Å². The molecule has 1 unspecified atom stereocenters. The number of carbonyl (C=O) groups excluding carboxylic acids is 1. The lowest BCUT2D eigenvalue weighted by atomic mass is 9.92.